The third kappa shape index (κ3) is 5.46. The van der Waals surface area contributed by atoms with Crippen molar-refractivity contribution in [3.05, 3.63) is 86.9 Å². The average Bonchev–Trinajstić information content (AvgIpc) is 2.68. The summed E-state index contributed by atoms with van der Waals surface area (Å²) in [4.78, 5) is 0. The molecule has 0 fully saturated rings. The molecule has 0 amide bonds. The van der Waals surface area contributed by atoms with Crippen LogP contribution in [0, 0.1) is 0 Å². The third-order valence-corrected chi connectivity index (χ3v) is 5.00. The van der Waals surface area contributed by atoms with Crippen LogP contribution in [0.1, 0.15) is 11.1 Å². The summed E-state index contributed by atoms with van der Waals surface area (Å²) in [5.41, 5.74) is 3.02. The molecule has 3 rings (SSSR count). The van der Waals surface area contributed by atoms with Crippen LogP contribution < -0.4 is 14.8 Å². The highest BCUT2D eigenvalue weighted by Crippen LogP contribution is 2.27. The van der Waals surface area contributed by atoms with E-state index < -0.39 is 0 Å². The number of methoxy groups -OCH3 is 1. The predicted octanol–water partition coefficient (Wildman–Crippen LogP) is 6.85. The summed E-state index contributed by atoms with van der Waals surface area (Å²) in [5.74, 6) is 1.45. The van der Waals surface area contributed by atoms with Crippen LogP contribution in [-0.2, 0) is 13.2 Å². The van der Waals surface area contributed by atoms with Gasteiger partial charge in [-0.15, -0.1) is 0 Å². The second-order valence-corrected chi connectivity index (χ2v) is 7.11. The molecule has 0 unspecified atom stereocenters. The van der Waals surface area contributed by atoms with Crippen LogP contribution in [0.5, 0.6) is 11.5 Å². The maximum absolute atomic E-state index is 6.14. The Morgan fingerprint density at radius 3 is 2.19 bits per heavy atom. The van der Waals surface area contributed by atoms with E-state index in [-0.39, 0.29) is 0 Å². The minimum absolute atomic E-state index is 0.429. The normalized spacial score (nSPS) is 10.5. The number of nitrogens with one attached hydrogen (secondary N) is 1. The Hall–Kier alpha value is -2.07. The Bertz CT molecular complexity index is 914. The lowest BCUT2D eigenvalue weighted by atomic mass is 10.2. The fraction of sp³-hybridized carbons (Fsp3) is 0.143. The van der Waals surface area contributed by atoms with Crippen molar-refractivity contribution in [2.24, 2.45) is 0 Å². The van der Waals surface area contributed by atoms with Gasteiger partial charge in [0.15, 0.2) is 0 Å². The molecule has 0 saturated heterocycles. The van der Waals surface area contributed by atoms with Crippen LogP contribution in [0.2, 0.25) is 15.1 Å². The monoisotopic (exact) mass is 421 g/mol. The summed E-state index contributed by atoms with van der Waals surface area (Å²) in [6, 6.07) is 19.0. The molecule has 3 nitrogen and oxygen atoms in total. The fourth-order valence-electron chi connectivity index (χ4n) is 2.48. The van der Waals surface area contributed by atoms with Crippen LogP contribution in [0.25, 0.3) is 0 Å². The van der Waals surface area contributed by atoms with E-state index >= 15 is 0 Å². The van der Waals surface area contributed by atoms with Crippen molar-refractivity contribution in [2.45, 2.75) is 13.2 Å². The Morgan fingerprint density at radius 2 is 1.52 bits per heavy atom. The minimum Gasteiger partial charge on any atom is -0.495 e. The molecule has 0 aliphatic carbocycles. The first kappa shape index (κ1) is 19.7. The van der Waals surface area contributed by atoms with Crippen molar-refractivity contribution in [1.82, 2.24) is 0 Å². The molecular weight excluding hydrogens is 405 g/mol. The van der Waals surface area contributed by atoms with Crippen LogP contribution in [0.4, 0.5) is 5.69 Å². The van der Waals surface area contributed by atoms with Gasteiger partial charge in [-0.3, -0.25) is 0 Å². The molecule has 0 saturated carbocycles. The Kier molecular flexibility index (Phi) is 6.73. The molecule has 0 heterocycles. The number of hydrogen-bond acceptors (Lipinski definition) is 3. The van der Waals surface area contributed by atoms with Crippen molar-refractivity contribution >= 4 is 40.5 Å². The van der Waals surface area contributed by atoms with Crippen LogP contribution in [0.15, 0.2) is 60.7 Å². The van der Waals surface area contributed by atoms with Gasteiger partial charge in [0.05, 0.1) is 22.2 Å². The molecule has 0 atom stereocenters. The molecule has 0 bridgehead atoms. The third-order valence-electron chi connectivity index (χ3n) is 3.96. The molecule has 0 radical (unpaired) electrons. The zero-order chi connectivity index (χ0) is 19.2. The van der Waals surface area contributed by atoms with Gasteiger partial charge in [0.25, 0.3) is 0 Å². The zero-order valence-corrected chi connectivity index (χ0v) is 16.9. The van der Waals surface area contributed by atoms with Crippen molar-refractivity contribution in [1.29, 1.82) is 0 Å². The highest BCUT2D eigenvalue weighted by molar-refractivity contribution is 6.42. The first-order chi connectivity index (χ1) is 13.0. The minimum atomic E-state index is 0.429. The van der Waals surface area contributed by atoms with E-state index in [1.165, 1.54) is 0 Å². The van der Waals surface area contributed by atoms with Crippen LogP contribution >= 0.6 is 34.8 Å². The fourth-order valence-corrected chi connectivity index (χ4v) is 3.06. The molecule has 140 valence electrons. The Labute approximate surface area is 173 Å². The standard InChI is InChI=1S/C21H18Cl3NO2/c1-26-21-9-5-16(11-20(21)24)25-12-14-2-6-17(7-3-14)27-13-15-4-8-18(22)19(23)10-15/h2-11,25H,12-13H2,1H3. The van der Waals surface area contributed by atoms with E-state index in [0.717, 1.165) is 22.6 Å². The van der Waals surface area contributed by atoms with Crippen LogP contribution in [-0.4, -0.2) is 7.11 Å². The summed E-state index contributed by atoms with van der Waals surface area (Å²) < 4.78 is 10.9. The van der Waals surface area contributed by atoms with E-state index in [1.54, 1.807) is 13.2 Å². The summed E-state index contributed by atoms with van der Waals surface area (Å²) in [6.45, 7) is 1.11. The lowest BCUT2D eigenvalue weighted by molar-refractivity contribution is 0.306. The van der Waals surface area contributed by atoms with Crippen molar-refractivity contribution < 1.29 is 9.47 Å². The highest BCUT2D eigenvalue weighted by atomic mass is 35.5. The smallest absolute Gasteiger partial charge is 0.137 e. The maximum Gasteiger partial charge on any atom is 0.137 e. The average molecular weight is 423 g/mol. The molecule has 0 spiro atoms. The zero-order valence-electron chi connectivity index (χ0n) is 14.6. The van der Waals surface area contributed by atoms with Crippen LogP contribution in [0.3, 0.4) is 0 Å². The summed E-state index contributed by atoms with van der Waals surface area (Å²) >= 11 is 18.1. The van der Waals surface area contributed by atoms with Gasteiger partial charge >= 0.3 is 0 Å². The molecule has 27 heavy (non-hydrogen) atoms. The molecule has 0 aliphatic heterocycles. The quantitative estimate of drug-likeness (QED) is 0.452. The van der Waals surface area contributed by atoms with E-state index in [9.17, 15) is 0 Å². The number of rotatable bonds is 7. The molecule has 0 aromatic heterocycles. The number of halogens is 3. The molecule has 0 aliphatic rings. The van der Waals surface area contributed by atoms with Gasteiger partial charge in [0.1, 0.15) is 18.1 Å². The predicted molar refractivity (Wildman–Crippen MR) is 113 cm³/mol. The van der Waals surface area contributed by atoms with Gasteiger partial charge in [-0.25, -0.2) is 0 Å². The highest BCUT2D eigenvalue weighted by Gasteiger charge is 2.03. The van der Waals surface area contributed by atoms with Crippen molar-refractivity contribution in [3.8, 4) is 11.5 Å². The van der Waals surface area contributed by atoms with Crippen molar-refractivity contribution in [2.75, 3.05) is 12.4 Å². The van der Waals surface area contributed by atoms with E-state index in [4.69, 9.17) is 44.3 Å². The summed E-state index contributed by atoms with van der Waals surface area (Å²) in [5, 5.41) is 4.97. The molecular formula is C21H18Cl3NO2. The molecule has 3 aromatic carbocycles. The second kappa shape index (κ2) is 9.23. The van der Waals surface area contributed by atoms with Gasteiger partial charge in [-0.2, -0.15) is 0 Å². The topological polar surface area (TPSA) is 30.5 Å². The number of benzene rings is 3. The van der Waals surface area contributed by atoms with E-state index in [2.05, 4.69) is 5.32 Å². The van der Waals surface area contributed by atoms with Gasteiger partial charge in [-0.1, -0.05) is 53.0 Å². The Balaban J connectivity index is 1.53. The maximum atomic E-state index is 6.14. The number of ether oxygens (including phenoxy) is 2. The Morgan fingerprint density at radius 1 is 0.778 bits per heavy atom. The molecule has 1 N–H and O–H groups in total. The first-order valence-corrected chi connectivity index (χ1v) is 9.41. The molecule has 6 heteroatoms. The lowest BCUT2D eigenvalue weighted by Gasteiger charge is -2.10. The van der Waals surface area contributed by atoms with Gasteiger partial charge in [-0.05, 0) is 53.6 Å². The summed E-state index contributed by atoms with van der Waals surface area (Å²) in [6.07, 6.45) is 0. The number of anilines is 1. The van der Waals surface area contributed by atoms with Gasteiger partial charge < -0.3 is 14.8 Å². The largest absolute Gasteiger partial charge is 0.495 e. The van der Waals surface area contributed by atoms with Gasteiger partial charge in [0.2, 0.25) is 0 Å². The van der Waals surface area contributed by atoms with Gasteiger partial charge in [0, 0.05) is 12.2 Å². The van der Waals surface area contributed by atoms with E-state index in [0.29, 0.717) is 34.0 Å². The second-order valence-electron chi connectivity index (χ2n) is 5.88. The van der Waals surface area contributed by atoms with Crippen molar-refractivity contribution in [3.63, 3.8) is 0 Å². The first-order valence-electron chi connectivity index (χ1n) is 8.28. The van der Waals surface area contributed by atoms with E-state index in [1.807, 2.05) is 54.6 Å². The molecule has 3 aromatic rings. The lowest BCUT2D eigenvalue weighted by Crippen LogP contribution is -2.00. The SMILES string of the molecule is COc1ccc(NCc2ccc(OCc3ccc(Cl)c(Cl)c3)cc2)cc1Cl. The summed E-state index contributed by atoms with van der Waals surface area (Å²) in [7, 11) is 1.60. The number of hydrogen-bond donors (Lipinski definition) is 1.